The van der Waals surface area contributed by atoms with Gasteiger partial charge in [-0.05, 0) is 43.4 Å². The molecule has 3 saturated heterocycles. The van der Waals surface area contributed by atoms with Crippen LogP contribution in [0.1, 0.15) is 46.4 Å². The first-order chi connectivity index (χ1) is 15.5. The van der Waals surface area contributed by atoms with Gasteiger partial charge in [0.1, 0.15) is 6.04 Å². The van der Waals surface area contributed by atoms with Crippen molar-refractivity contribution in [3.05, 3.63) is 29.3 Å². The molecule has 178 valence electrons. The number of nitrogens with one attached hydrogen (secondary N) is 2. The van der Waals surface area contributed by atoms with Gasteiger partial charge in [-0.15, -0.1) is 12.4 Å². The van der Waals surface area contributed by atoms with E-state index in [4.69, 9.17) is 0 Å². The lowest BCUT2D eigenvalue weighted by Crippen LogP contribution is -2.54. The number of benzene rings is 1. The fraction of sp³-hybridized carbons (Fsp3) is 0.565. The van der Waals surface area contributed by atoms with Crippen molar-refractivity contribution in [2.75, 3.05) is 50.7 Å². The highest BCUT2D eigenvalue weighted by atomic mass is 35.5. The van der Waals surface area contributed by atoms with Crippen LogP contribution in [0.2, 0.25) is 0 Å². The molecule has 1 aromatic rings. The van der Waals surface area contributed by atoms with E-state index in [0.29, 0.717) is 17.0 Å². The van der Waals surface area contributed by atoms with Crippen LogP contribution in [-0.2, 0) is 9.59 Å². The number of imide groups is 2. The molecule has 2 N–H and O–H groups in total. The van der Waals surface area contributed by atoms with E-state index < -0.39 is 23.8 Å². The Labute approximate surface area is 199 Å². The minimum atomic E-state index is -0.927. The van der Waals surface area contributed by atoms with Crippen molar-refractivity contribution >= 4 is 41.7 Å². The minimum Gasteiger partial charge on any atom is -0.371 e. The van der Waals surface area contributed by atoms with E-state index in [1.54, 1.807) is 12.1 Å². The first-order valence-electron chi connectivity index (χ1n) is 11.5. The highest BCUT2D eigenvalue weighted by molar-refractivity contribution is 6.23. The zero-order valence-electron chi connectivity index (χ0n) is 18.5. The molecule has 4 aliphatic heterocycles. The third-order valence-electron chi connectivity index (χ3n) is 7.13. The SMILES string of the molecule is Cl.O=C1CCC(N2C(=O)c3ccc(N4CCC(CN5CCNCC5)CC4)cc3C2=O)C(=O)N1. The standard InChI is InChI=1S/C23H29N5O4.ClH/c29-20-4-3-19(21(30)25-20)28-22(31)17-2-1-16(13-18(17)23(28)32)27-9-5-15(6-10-27)14-26-11-7-24-8-12-26;/h1-2,13,15,19,24H,3-12,14H2,(H,25,29,30);1H. The number of carbonyl (C=O) groups excluding carboxylic acids is 4. The molecule has 1 aromatic carbocycles. The Morgan fingerprint density at radius 1 is 0.879 bits per heavy atom. The number of hydrogen-bond acceptors (Lipinski definition) is 7. The van der Waals surface area contributed by atoms with Gasteiger partial charge in [0.15, 0.2) is 0 Å². The maximum Gasteiger partial charge on any atom is 0.262 e. The van der Waals surface area contributed by atoms with Crippen molar-refractivity contribution in [1.82, 2.24) is 20.4 Å². The predicted octanol–water partition coefficient (Wildman–Crippen LogP) is 0.631. The number of anilines is 1. The zero-order valence-corrected chi connectivity index (χ0v) is 19.4. The van der Waals surface area contributed by atoms with Gasteiger partial charge < -0.3 is 15.1 Å². The fourth-order valence-electron chi connectivity index (χ4n) is 5.29. The third kappa shape index (κ3) is 4.62. The van der Waals surface area contributed by atoms with Crippen molar-refractivity contribution in [1.29, 1.82) is 0 Å². The van der Waals surface area contributed by atoms with Crippen LogP contribution in [0.4, 0.5) is 5.69 Å². The lowest BCUT2D eigenvalue weighted by molar-refractivity contribution is -0.136. The maximum absolute atomic E-state index is 13.1. The number of hydrogen-bond donors (Lipinski definition) is 2. The summed E-state index contributed by atoms with van der Waals surface area (Å²) in [6, 6.07) is 4.46. The Kier molecular flexibility index (Phi) is 7.02. The average molecular weight is 476 g/mol. The highest BCUT2D eigenvalue weighted by Gasteiger charge is 2.44. The summed E-state index contributed by atoms with van der Waals surface area (Å²) >= 11 is 0. The number of fused-ring (bicyclic) bond motifs is 1. The smallest absolute Gasteiger partial charge is 0.262 e. The van der Waals surface area contributed by atoms with Gasteiger partial charge in [-0.3, -0.25) is 29.4 Å². The van der Waals surface area contributed by atoms with Crippen LogP contribution in [0.25, 0.3) is 0 Å². The number of piperidine rings is 2. The normalized spacial score (nSPS) is 24.5. The second-order valence-corrected chi connectivity index (χ2v) is 9.16. The summed E-state index contributed by atoms with van der Waals surface area (Å²) in [6.07, 6.45) is 2.51. The van der Waals surface area contributed by atoms with Crippen LogP contribution in [0.5, 0.6) is 0 Å². The molecule has 4 amide bonds. The topological polar surface area (TPSA) is 102 Å². The molecular formula is C23H30ClN5O4. The lowest BCUT2D eigenvalue weighted by Gasteiger charge is -2.37. The molecule has 5 rings (SSSR count). The third-order valence-corrected chi connectivity index (χ3v) is 7.13. The highest BCUT2D eigenvalue weighted by Crippen LogP contribution is 2.32. The van der Waals surface area contributed by atoms with E-state index in [1.165, 1.54) is 0 Å². The molecule has 33 heavy (non-hydrogen) atoms. The van der Waals surface area contributed by atoms with Crippen LogP contribution >= 0.6 is 12.4 Å². The van der Waals surface area contributed by atoms with Gasteiger partial charge in [0.2, 0.25) is 11.8 Å². The van der Waals surface area contributed by atoms with Crippen molar-refractivity contribution in [2.45, 2.75) is 31.7 Å². The maximum atomic E-state index is 13.1. The van der Waals surface area contributed by atoms with Crippen LogP contribution in [0, 0.1) is 5.92 Å². The lowest BCUT2D eigenvalue weighted by atomic mass is 9.95. The summed E-state index contributed by atoms with van der Waals surface area (Å²) in [5.41, 5.74) is 1.62. The monoisotopic (exact) mass is 475 g/mol. The van der Waals surface area contributed by atoms with E-state index in [0.717, 1.165) is 69.2 Å². The molecule has 9 nitrogen and oxygen atoms in total. The van der Waals surface area contributed by atoms with Crippen molar-refractivity contribution in [3.8, 4) is 0 Å². The van der Waals surface area contributed by atoms with E-state index in [9.17, 15) is 19.2 Å². The number of halogens is 1. The zero-order chi connectivity index (χ0) is 22.2. The van der Waals surface area contributed by atoms with E-state index in [1.807, 2.05) is 6.07 Å². The van der Waals surface area contributed by atoms with Crippen LogP contribution in [-0.4, -0.2) is 85.3 Å². The largest absolute Gasteiger partial charge is 0.371 e. The molecule has 1 unspecified atom stereocenters. The molecule has 0 spiro atoms. The summed E-state index contributed by atoms with van der Waals surface area (Å²) in [7, 11) is 0. The quantitative estimate of drug-likeness (QED) is 0.616. The van der Waals surface area contributed by atoms with Crippen LogP contribution in [0.3, 0.4) is 0 Å². The second kappa shape index (κ2) is 9.79. The van der Waals surface area contributed by atoms with Crippen molar-refractivity contribution < 1.29 is 19.2 Å². The van der Waals surface area contributed by atoms with Gasteiger partial charge in [-0.1, -0.05) is 0 Å². The van der Waals surface area contributed by atoms with Gasteiger partial charge in [0.05, 0.1) is 11.1 Å². The predicted molar refractivity (Wildman–Crippen MR) is 125 cm³/mol. The molecule has 4 aliphatic rings. The number of amides is 4. The van der Waals surface area contributed by atoms with Crippen LogP contribution < -0.4 is 15.5 Å². The Morgan fingerprint density at radius 3 is 2.27 bits per heavy atom. The summed E-state index contributed by atoms with van der Waals surface area (Å²) in [6.45, 7) is 7.36. The van der Waals surface area contributed by atoms with Gasteiger partial charge >= 0.3 is 0 Å². The number of rotatable bonds is 4. The Morgan fingerprint density at radius 2 is 1.58 bits per heavy atom. The molecule has 0 bridgehead atoms. The van der Waals surface area contributed by atoms with Crippen molar-refractivity contribution in [2.24, 2.45) is 5.92 Å². The summed E-state index contributed by atoms with van der Waals surface area (Å²) in [4.78, 5) is 55.4. The molecule has 1 atom stereocenters. The molecule has 0 radical (unpaired) electrons. The van der Waals surface area contributed by atoms with Gasteiger partial charge in [0, 0.05) is 57.9 Å². The second-order valence-electron chi connectivity index (χ2n) is 9.16. The first kappa shape index (κ1) is 23.7. The fourth-order valence-corrected chi connectivity index (χ4v) is 5.29. The minimum absolute atomic E-state index is 0. The molecule has 10 heteroatoms. The molecule has 0 saturated carbocycles. The number of nitrogens with zero attached hydrogens (tertiary/aromatic N) is 3. The van der Waals surface area contributed by atoms with E-state index in [2.05, 4.69) is 20.4 Å². The van der Waals surface area contributed by atoms with Gasteiger partial charge in [-0.2, -0.15) is 0 Å². The Hall–Kier alpha value is -2.49. The molecular weight excluding hydrogens is 446 g/mol. The Balaban J connectivity index is 0.00000259. The number of piperazine rings is 1. The van der Waals surface area contributed by atoms with Crippen molar-refractivity contribution in [3.63, 3.8) is 0 Å². The first-order valence-corrected chi connectivity index (χ1v) is 11.5. The average Bonchev–Trinajstić information content (AvgIpc) is 3.05. The van der Waals surface area contributed by atoms with Gasteiger partial charge in [0.25, 0.3) is 11.8 Å². The van der Waals surface area contributed by atoms with Crippen LogP contribution in [0.15, 0.2) is 18.2 Å². The van der Waals surface area contributed by atoms with Gasteiger partial charge in [-0.25, -0.2) is 0 Å². The molecule has 0 aliphatic carbocycles. The molecule has 4 heterocycles. The van der Waals surface area contributed by atoms with E-state index >= 15 is 0 Å². The summed E-state index contributed by atoms with van der Waals surface area (Å²) in [5.74, 6) is -1.17. The Bertz CT molecular complexity index is 956. The molecule has 0 aromatic heterocycles. The summed E-state index contributed by atoms with van der Waals surface area (Å²) < 4.78 is 0. The van der Waals surface area contributed by atoms with E-state index in [-0.39, 0.29) is 31.2 Å². The number of carbonyl (C=O) groups is 4. The summed E-state index contributed by atoms with van der Waals surface area (Å²) in [5, 5.41) is 5.63. The molecule has 3 fully saturated rings.